The molecule has 2 N–H and O–H groups in total. The molecule has 2 aliphatic carbocycles. The molecule has 0 bridgehead atoms. The van der Waals surface area contributed by atoms with Crippen LogP contribution in [-0.4, -0.2) is 42.1 Å². The number of hydrogen-bond donors (Lipinski definition) is 2. The molecule has 6 nitrogen and oxygen atoms in total. The third-order valence-electron chi connectivity index (χ3n) is 6.94. The van der Waals surface area contributed by atoms with Crippen LogP contribution in [0.5, 0.6) is 0 Å². The number of nitrogens with one attached hydrogen (secondary N) is 2. The minimum Gasteiger partial charge on any atom is -0.362 e. The highest BCUT2D eigenvalue weighted by atomic mass is 19.4. The maximum absolute atomic E-state index is 13.2. The second-order valence-electron chi connectivity index (χ2n) is 10.1. The third kappa shape index (κ3) is 6.45. The maximum Gasteiger partial charge on any atom is 0.416 e. The zero-order chi connectivity index (χ0) is 27.1. The molecule has 0 saturated heterocycles. The van der Waals surface area contributed by atoms with Crippen LogP contribution in [-0.2, 0) is 17.1 Å². The molecule has 2 fully saturated rings. The van der Waals surface area contributed by atoms with Gasteiger partial charge >= 0.3 is 12.4 Å². The molecular formula is C25H29F6N5O. The second-order valence-corrected chi connectivity index (χ2v) is 10.1. The summed E-state index contributed by atoms with van der Waals surface area (Å²) >= 11 is 0. The SMILES string of the molecule is Cc1cnc(N[C@H]2CC[C@@H](NC(=O)C3CC3c3cc(C(F)(F)F)cc(C(F)(F)F)c3)CC2)nc1N(C)C. The van der Waals surface area contributed by atoms with Crippen molar-refractivity contribution in [3.05, 3.63) is 46.6 Å². The number of carbonyl (C=O) groups is 1. The van der Waals surface area contributed by atoms with Gasteiger partial charge in [0.2, 0.25) is 11.9 Å². The van der Waals surface area contributed by atoms with Gasteiger partial charge in [-0.2, -0.15) is 31.3 Å². The summed E-state index contributed by atoms with van der Waals surface area (Å²) in [5.74, 6) is -0.274. The van der Waals surface area contributed by atoms with Crippen molar-refractivity contribution >= 4 is 17.7 Å². The van der Waals surface area contributed by atoms with Gasteiger partial charge in [-0.05, 0) is 68.7 Å². The first kappa shape index (κ1) is 27.0. The van der Waals surface area contributed by atoms with Crippen molar-refractivity contribution in [2.24, 2.45) is 5.92 Å². The lowest BCUT2D eigenvalue weighted by molar-refractivity contribution is -0.143. The highest BCUT2D eigenvalue weighted by Gasteiger charge is 2.46. The van der Waals surface area contributed by atoms with Crippen LogP contribution in [0.4, 0.5) is 38.1 Å². The molecule has 1 amide bonds. The molecule has 0 radical (unpaired) electrons. The van der Waals surface area contributed by atoms with E-state index in [2.05, 4.69) is 20.6 Å². The van der Waals surface area contributed by atoms with Gasteiger partial charge in [-0.25, -0.2) is 4.98 Å². The fourth-order valence-electron chi connectivity index (χ4n) is 4.87. The van der Waals surface area contributed by atoms with Gasteiger partial charge in [0.15, 0.2) is 0 Å². The topological polar surface area (TPSA) is 70.1 Å². The van der Waals surface area contributed by atoms with E-state index in [1.807, 2.05) is 25.9 Å². The van der Waals surface area contributed by atoms with Gasteiger partial charge in [0.1, 0.15) is 5.82 Å². The fourth-order valence-corrected chi connectivity index (χ4v) is 4.87. The Morgan fingerprint density at radius 3 is 2.05 bits per heavy atom. The molecule has 2 atom stereocenters. The van der Waals surface area contributed by atoms with Crippen molar-refractivity contribution in [1.29, 1.82) is 0 Å². The first-order chi connectivity index (χ1) is 17.2. The Hall–Kier alpha value is -3.05. The summed E-state index contributed by atoms with van der Waals surface area (Å²) < 4.78 is 79.0. The Balaban J connectivity index is 1.32. The first-order valence-electron chi connectivity index (χ1n) is 12.1. The Bertz CT molecular complexity index is 1110. The average Bonchev–Trinajstić information content (AvgIpc) is 3.61. The Labute approximate surface area is 210 Å². The van der Waals surface area contributed by atoms with E-state index in [4.69, 9.17) is 0 Å². The van der Waals surface area contributed by atoms with E-state index in [-0.39, 0.29) is 36.0 Å². The Kier molecular flexibility index (Phi) is 7.31. The number of hydrogen-bond acceptors (Lipinski definition) is 5. The quantitative estimate of drug-likeness (QED) is 0.482. The number of halogens is 6. The molecule has 2 aromatic rings. The number of amides is 1. The number of benzene rings is 1. The lowest BCUT2D eigenvalue weighted by Gasteiger charge is -2.30. The predicted molar refractivity (Wildman–Crippen MR) is 126 cm³/mol. The molecule has 2 unspecified atom stereocenters. The van der Waals surface area contributed by atoms with Crippen LogP contribution in [0.3, 0.4) is 0 Å². The van der Waals surface area contributed by atoms with Gasteiger partial charge in [-0.3, -0.25) is 4.79 Å². The number of anilines is 2. The Morgan fingerprint density at radius 1 is 0.946 bits per heavy atom. The number of aromatic nitrogens is 2. The summed E-state index contributed by atoms with van der Waals surface area (Å²) in [6.07, 6.45) is -4.94. The molecule has 12 heteroatoms. The van der Waals surface area contributed by atoms with E-state index in [1.54, 1.807) is 6.20 Å². The lowest BCUT2D eigenvalue weighted by Crippen LogP contribution is -2.41. The van der Waals surface area contributed by atoms with Crippen LogP contribution in [0.25, 0.3) is 0 Å². The summed E-state index contributed by atoms with van der Waals surface area (Å²) in [5, 5.41) is 6.27. The standard InChI is InChI=1S/C25H29F6N5O/c1-13-12-32-23(35-21(13)36(2)3)34-18-6-4-17(5-7-18)33-22(37)20-11-19(20)14-8-15(24(26,27)28)10-16(9-14)25(29,30)31/h8-10,12,17-20H,4-7,11H2,1-3H3,(H,33,37)(H,32,34,35)/t17-,18+,19?,20?. The van der Waals surface area contributed by atoms with Crippen molar-refractivity contribution in [1.82, 2.24) is 15.3 Å². The molecule has 1 aromatic heterocycles. The summed E-state index contributed by atoms with van der Waals surface area (Å²) in [5.41, 5.74) is -1.86. The highest BCUT2D eigenvalue weighted by Crippen LogP contribution is 2.50. The predicted octanol–water partition coefficient (Wildman–Crippen LogP) is 5.53. The van der Waals surface area contributed by atoms with Crippen LogP contribution in [0, 0.1) is 12.8 Å². The van der Waals surface area contributed by atoms with Gasteiger partial charge < -0.3 is 15.5 Å². The first-order valence-corrected chi connectivity index (χ1v) is 12.1. The van der Waals surface area contributed by atoms with E-state index in [0.717, 1.165) is 36.4 Å². The number of aryl methyl sites for hydroxylation is 1. The van der Waals surface area contributed by atoms with Crippen molar-refractivity contribution in [2.75, 3.05) is 24.3 Å². The van der Waals surface area contributed by atoms with Crippen LogP contribution in [0.2, 0.25) is 0 Å². The molecule has 37 heavy (non-hydrogen) atoms. The zero-order valence-corrected chi connectivity index (χ0v) is 20.7. The molecule has 202 valence electrons. The van der Waals surface area contributed by atoms with Crippen LogP contribution >= 0.6 is 0 Å². The number of alkyl halides is 6. The summed E-state index contributed by atoms with van der Waals surface area (Å²) in [6.45, 7) is 1.93. The molecule has 0 spiro atoms. The molecule has 1 aromatic carbocycles. The number of carbonyl (C=O) groups excluding carboxylic acids is 1. The number of rotatable bonds is 6. The molecule has 2 aliphatic rings. The summed E-state index contributed by atoms with van der Waals surface area (Å²) in [7, 11) is 3.80. The fraction of sp³-hybridized carbons (Fsp3) is 0.560. The van der Waals surface area contributed by atoms with Crippen LogP contribution in [0.15, 0.2) is 24.4 Å². The monoisotopic (exact) mass is 529 g/mol. The third-order valence-corrected chi connectivity index (χ3v) is 6.94. The average molecular weight is 530 g/mol. The van der Waals surface area contributed by atoms with Crippen molar-refractivity contribution in [2.45, 2.75) is 69.4 Å². The van der Waals surface area contributed by atoms with Crippen LogP contribution < -0.4 is 15.5 Å². The zero-order valence-electron chi connectivity index (χ0n) is 20.7. The Morgan fingerprint density at radius 2 is 1.51 bits per heavy atom. The van der Waals surface area contributed by atoms with Crippen molar-refractivity contribution < 1.29 is 31.1 Å². The minimum absolute atomic E-state index is 0.102. The van der Waals surface area contributed by atoms with Gasteiger partial charge in [-0.15, -0.1) is 0 Å². The lowest BCUT2D eigenvalue weighted by atomic mass is 9.91. The smallest absolute Gasteiger partial charge is 0.362 e. The van der Waals surface area contributed by atoms with Crippen molar-refractivity contribution in [3.8, 4) is 0 Å². The van der Waals surface area contributed by atoms with Crippen LogP contribution in [0.1, 0.15) is 60.3 Å². The van der Waals surface area contributed by atoms with E-state index >= 15 is 0 Å². The maximum atomic E-state index is 13.2. The largest absolute Gasteiger partial charge is 0.416 e. The summed E-state index contributed by atoms with van der Waals surface area (Å²) in [4.78, 5) is 23.5. The van der Waals surface area contributed by atoms with Gasteiger partial charge in [0.05, 0.1) is 11.1 Å². The normalized spacial score (nSPS) is 23.9. The van der Waals surface area contributed by atoms with E-state index in [1.165, 1.54) is 0 Å². The molecule has 4 rings (SSSR count). The molecular weight excluding hydrogens is 500 g/mol. The molecule has 0 aliphatic heterocycles. The minimum atomic E-state index is -4.91. The summed E-state index contributed by atoms with van der Waals surface area (Å²) in [6, 6.07) is 1.58. The second kappa shape index (κ2) is 10.0. The molecule has 1 heterocycles. The molecule has 2 saturated carbocycles. The van der Waals surface area contributed by atoms with E-state index in [0.29, 0.717) is 18.8 Å². The number of nitrogens with zero attached hydrogens (tertiary/aromatic N) is 3. The van der Waals surface area contributed by atoms with Gasteiger partial charge in [0, 0.05) is 43.9 Å². The van der Waals surface area contributed by atoms with E-state index < -0.39 is 35.3 Å². The highest BCUT2D eigenvalue weighted by molar-refractivity contribution is 5.83. The van der Waals surface area contributed by atoms with Gasteiger partial charge in [-0.1, -0.05) is 0 Å². The van der Waals surface area contributed by atoms with Crippen molar-refractivity contribution in [3.63, 3.8) is 0 Å². The van der Waals surface area contributed by atoms with E-state index in [9.17, 15) is 31.1 Å². The van der Waals surface area contributed by atoms with Gasteiger partial charge in [0.25, 0.3) is 0 Å².